The summed E-state index contributed by atoms with van der Waals surface area (Å²) in [6, 6.07) is 10.4. The molecule has 0 bridgehead atoms. The van der Waals surface area contributed by atoms with E-state index in [1.54, 1.807) is 49.3 Å². The first-order valence-corrected chi connectivity index (χ1v) is 9.74. The Balaban J connectivity index is 2.06. The number of hydrogen-bond acceptors (Lipinski definition) is 4. The minimum absolute atomic E-state index is 0.150. The molecule has 3 aromatic rings. The smallest absolute Gasteiger partial charge is 0.255 e. The van der Waals surface area contributed by atoms with Crippen LogP contribution in [0, 0.1) is 0 Å². The van der Waals surface area contributed by atoms with E-state index in [0.29, 0.717) is 50.0 Å². The van der Waals surface area contributed by atoms with Gasteiger partial charge in [-0.25, -0.2) is 4.98 Å². The van der Waals surface area contributed by atoms with Crippen LogP contribution in [0.4, 0.5) is 11.5 Å². The van der Waals surface area contributed by atoms with Gasteiger partial charge in [0.25, 0.3) is 11.8 Å². The molecule has 0 spiro atoms. The van der Waals surface area contributed by atoms with Gasteiger partial charge in [0.1, 0.15) is 5.82 Å². The lowest BCUT2D eigenvalue weighted by Crippen LogP contribution is -2.26. The lowest BCUT2D eigenvalue weighted by molar-refractivity contribution is 0.0803. The summed E-state index contributed by atoms with van der Waals surface area (Å²) in [6.45, 7) is 2.47. The largest absolute Gasteiger partial charge is 0.355 e. The van der Waals surface area contributed by atoms with Gasteiger partial charge < -0.3 is 15.5 Å². The Morgan fingerprint density at radius 1 is 1.10 bits per heavy atom. The van der Waals surface area contributed by atoms with Gasteiger partial charge in [0.2, 0.25) is 0 Å². The quantitative estimate of drug-likeness (QED) is 0.612. The van der Waals surface area contributed by atoms with Crippen molar-refractivity contribution >= 4 is 57.3 Å². The zero-order valence-corrected chi connectivity index (χ0v) is 17.7. The maximum atomic E-state index is 12.7. The molecule has 0 radical (unpaired) electrons. The first kappa shape index (κ1) is 20.9. The molecule has 0 saturated carbocycles. The van der Waals surface area contributed by atoms with E-state index < -0.39 is 0 Å². The van der Waals surface area contributed by atoms with Crippen LogP contribution in [0.1, 0.15) is 27.6 Å². The molecule has 2 aromatic carbocycles. The highest BCUT2D eigenvalue weighted by Crippen LogP contribution is 2.33. The molecular formula is C21H20Cl2N4O2. The van der Waals surface area contributed by atoms with Gasteiger partial charge in [-0.3, -0.25) is 9.59 Å². The summed E-state index contributed by atoms with van der Waals surface area (Å²) in [5, 5.41) is 7.86. The number of amides is 2. The Morgan fingerprint density at radius 3 is 2.52 bits per heavy atom. The van der Waals surface area contributed by atoms with Crippen LogP contribution < -0.4 is 10.6 Å². The fraction of sp³-hybridized carbons (Fsp3) is 0.190. The van der Waals surface area contributed by atoms with Crippen LogP contribution in [0.3, 0.4) is 0 Å². The predicted molar refractivity (Wildman–Crippen MR) is 118 cm³/mol. The molecular weight excluding hydrogens is 411 g/mol. The van der Waals surface area contributed by atoms with E-state index in [0.717, 1.165) is 0 Å². The fourth-order valence-corrected chi connectivity index (χ4v) is 3.46. The molecule has 2 amide bonds. The maximum Gasteiger partial charge on any atom is 0.255 e. The Hall–Kier alpha value is -2.83. The average Bonchev–Trinajstić information content (AvgIpc) is 2.72. The van der Waals surface area contributed by atoms with E-state index >= 15 is 0 Å². The van der Waals surface area contributed by atoms with Crippen LogP contribution in [0.5, 0.6) is 0 Å². The summed E-state index contributed by atoms with van der Waals surface area (Å²) >= 11 is 12.7. The van der Waals surface area contributed by atoms with Crippen molar-refractivity contribution in [1.29, 1.82) is 0 Å². The third-order valence-electron chi connectivity index (χ3n) is 4.62. The summed E-state index contributed by atoms with van der Waals surface area (Å²) in [5.41, 5.74) is 1.47. The van der Waals surface area contributed by atoms with Gasteiger partial charge in [-0.2, -0.15) is 0 Å². The third kappa shape index (κ3) is 4.13. The second kappa shape index (κ2) is 8.68. The molecule has 0 aliphatic carbocycles. The molecule has 8 heteroatoms. The normalized spacial score (nSPS) is 10.7. The van der Waals surface area contributed by atoms with E-state index in [1.807, 2.05) is 13.0 Å². The summed E-state index contributed by atoms with van der Waals surface area (Å²) in [7, 11) is 3.27. The van der Waals surface area contributed by atoms with Gasteiger partial charge in [0, 0.05) is 48.3 Å². The molecule has 0 atom stereocenters. The minimum Gasteiger partial charge on any atom is -0.355 e. The molecule has 0 aliphatic heterocycles. The number of aromatic nitrogens is 1. The predicted octanol–water partition coefficient (Wildman–Crippen LogP) is 4.74. The van der Waals surface area contributed by atoms with Crippen LogP contribution in [0.2, 0.25) is 10.0 Å². The Kier molecular flexibility index (Phi) is 6.25. The van der Waals surface area contributed by atoms with E-state index in [-0.39, 0.29) is 11.8 Å². The van der Waals surface area contributed by atoms with Crippen molar-refractivity contribution < 1.29 is 9.59 Å². The highest BCUT2D eigenvalue weighted by molar-refractivity contribution is 6.37. The van der Waals surface area contributed by atoms with Crippen LogP contribution in [-0.4, -0.2) is 42.3 Å². The number of rotatable bonds is 5. The van der Waals surface area contributed by atoms with Crippen LogP contribution in [0.25, 0.3) is 10.8 Å². The van der Waals surface area contributed by atoms with Crippen molar-refractivity contribution in [3.8, 4) is 0 Å². The first-order valence-electron chi connectivity index (χ1n) is 8.98. The number of pyridine rings is 1. The molecule has 6 nitrogen and oxygen atoms in total. The molecule has 3 rings (SSSR count). The molecule has 0 aliphatic rings. The van der Waals surface area contributed by atoms with Crippen LogP contribution in [0.15, 0.2) is 42.6 Å². The monoisotopic (exact) mass is 430 g/mol. The molecule has 29 heavy (non-hydrogen) atoms. The second-order valence-corrected chi connectivity index (χ2v) is 7.22. The van der Waals surface area contributed by atoms with Crippen molar-refractivity contribution in [2.75, 3.05) is 26.0 Å². The van der Waals surface area contributed by atoms with Crippen LogP contribution in [-0.2, 0) is 0 Å². The zero-order chi connectivity index (χ0) is 21.1. The number of carbonyl (C=O) groups is 2. The number of halogens is 2. The molecule has 0 unspecified atom stereocenters. The summed E-state index contributed by atoms with van der Waals surface area (Å²) in [5.74, 6) is 0.115. The van der Waals surface area contributed by atoms with Crippen molar-refractivity contribution in [3.63, 3.8) is 0 Å². The molecule has 2 N–H and O–H groups in total. The number of hydrogen-bond donors (Lipinski definition) is 2. The van der Waals surface area contributed by atoms with Gasteiger partial charge in [0.15, 0.2) is 0 Å². The highest BCUT2D eigenvalue weighted by Gasteiger charge is 2.19. The number of nitrogens with zero attached hydrogens (tertiary/aromatic N) is 2. The molecule has 1 heterocycles. The maximum absolute atomic E-state index is 12.7. The number of carbonyl (C=O) groups excluding carboxylic acids is 2. The van der Waals surface area contributed by atoms with Crippen molar-refractivity contribution in [2.24, 2.45) is 0 Å². The third-order valence-corrected chi connectivity index (χ3v) is 5.24. The highest BCUT2D eigenvalue weighted by atomic mass is 35.5. The molecule has 0 fully saturated rings. The Labute approximate surface area is 178 Å². The average molecular weight is 431 g/mol. The van der Waals surface area contributed by atoms with Crippen molar-refractivity contribution in [3.05, 3.63) is 63.8 Å². The second-order valence-electron chi connectivity index (χ2n) is 6.40. The van der Waals surface area contributed by atoms with Crippen LogP contribution >= 0.6 is 23.2 Å². The topological polar surface area (TPSA) is 74.3 Å². The van der Waals surface area contributed by atoms with Gasteiger partial charge in [-0.05, 0) is 31.2 Å². The lowest BCUT2D eigenvalue weighted by atomic mass is 10.1. The molecule has 150 valence electrons. The SMILES string of the molecule is CCN(C)C(=O)c1cnc(Nc2ccc(C(=O)NC)c(Cl)c2)c2cccc(Cl)c12. The summed E-state index contributed by atoms with van der Waals surface area (Å²) in [4.78, 5) is 30.6. The van der Waals surface area contributed by atoms with E-state index in [1.165, 1.54) is 6.20 Å². The fourth-order valence-electron chi connectivity index (χ4n) is 2.92. The number of fused-ring (bicyclic) bond motifs is 1. The van der Waals surface area contributed by atoms with Gasteiger partial charge in [0.05, 0.1) is 16.1 Å². The number of benzene rings is 2. The van der Waals surface area contributed by atoms with Crippen molar-refractivity contribution in [2.45, 2.75) is 6.92 Å². The van der Waals surface area contributed by atoms with E-state index in [4.69, 9.17) is 23.2 Å². The number of anilines is 2. The zero-order valence-electron chi connectivity index (χ0n) is 16.2. The summed E-state index contributed by atoms with van der Waals surface area (Å²) in [6.07, 6.45) is 1.52. The molecule has 1 aromatic heterocycles. The Morgan fingerprint density at radius 2 is 1.86 bits per heavy atom. The van der Waals surface area contributed by atoms with E-state index in [2.05, 4.69) is 15.6 Å². The van der Waals surface area contributed by atoms with Crippen molar-refractivity contribution in [1.82, 2.24) is 15.2 Å². The molecule has 0 saturated heterocycles. The summed E-state index contributed by atoms with van der Waals surface area (Å²) < 4.78 is 0. The minimum atomic E-state index is -0.264. The Bertz CT molecular complexity index is 1100. The standard InChI is InChI=1S/C21H20Cl2N4O2/c1-4-27(3)21(29)15-11-25-19(14-6-5-7-16(22)18(14)15)26-12-8-9-13(17(23)10-12)20(28)24-2/h5-11H,4H2,1-3H3,(H,24,28)(H,25,26). The lowest BCUT2D eigenvalue weighted by Gasteiger charge is -2.18. The van der Waals surface area contributed by atoms with Gasteiger partial charge in [-0.1, -0.05) is 35.3 Å². The van der Waals surface area contributed by atoms with Gasteiger partial charge in [-0.15, -0.1) is 0 Å². The van der Waals surface area contributed by atoms with E-state index in [9.17, 15) is 9.59 Å². The first-order chi connectivity index (χ1) is 13.9. The van der Waals surface area contributed by atoms with Gasteiger partial charge >= 0.3 is 0 Å². The number of nitrogens with one attached hydrogen (secondary N) is 2.